The van der Waals surface area contributed by atoms with Crippen LogP contribution in [0.3, 0.4) is 0 Å². The first-order valence-corrected chi connectivity index (χ1v) is 5.87. The number of carboxylic acid groups (broad SMARTS) is 1. The molecule has 0 radical (unpaired) electrons. The molecule has 1 fully saturated rings. The van der Waals surface area contributed by atoms with Crippen LogP contribution in [0.4, 0.5) is 0 Å². The van der Waals surface area contributed by atoms with Crippen LogP contribution in [0.2, 0.25) is 0 Å². The molecular formula is C14H15NO3. The van der Waals surface area contributed by atoms with Crippen LogP contribution in [-0.2, 0) is 0 Å². The van der Waals surface area contributed by atoms with E-state index >= 15 is 0 Å². The standard InChI is InChI=1S/C14H15NO3/c1-10-6-8-15(9-7-10)13(16)11-2-4-12(5-3-11)14(17)18/h2-5H,1,6-9H2,(H,17,18). The molecule has 4 nitrogen and oxygen atoms in total. The maximum absolute atomic E-state index is 12.1. The molecular weight excluding hydrogens is 230 g/mol. The SMILES string of the molecule is C=C1CCN(C(=O)c2ccc(C(=O)O)cc2)CC1. The molecule has 1 aliphatic rings. The van der Waals surface area contributed by atoms with Crippen LogP contribution in [0.5, 0.6) is 0 Å². The third-order valence-electron chi connectivity index (χ3n) is 3.14. The molecule has 0 aromatic heterocycles. The van der Waals surface area contributed by atoms with Gasteiger partial charge in [-0.05, 0) is 37.1 Å². The van der Waals surface area contributed by atoms with Crippen molar-refractivity contribution in [1.29, 1.82) is 0 Å². The van der Waals surface area contributed by atoms with Crippen LogP contribution in [0.15, 0.2) is 36.4 Å². The highest BCUT2D eigenvalue weighted by atomic mass is 16.4. The normalized spacial score (nSPS) is 15.6. The second-order valence-corrected chi connectivity index (χ2v) is 4.42. The predicted octanol–water partition coefficient (Wildman–Crippen LogP) is 2.18. The minimum atomic E-state index is -0.983. The van der Waals surface area contributed by atoms with Crippen molar-refractivity contribution in [2.24, 2.45) is 0 Å². The fourth-order valence-corrected chi connectivity index (χ4v) is 1.96. The Bertz CT molecular complexity index is 480. The lowest BCUT2D eigenvalue weighted by Crippen LogP contribution is -2.36. The highest BCUT2D eigenvalue weighted by Crippen LogP contribution is 2.16. The van der Waals surface area contributed by atoms with E-state index in [1.54, 1.807) is 17.0 Å². The van der Waals surface area contributed by atoms with Crippen molar-refractivity contribution in [1.82, 2.24) is 4.90 Å². The third-order valence-corrected chi connectivity index (χ3v) is 3.14. The van der Waals surface area contributed by atoms with Crippen LogP contribution in [0.25, 0.3) is 0 Å². The number of rotatable bonds is 2. The lowest BCUT2D eigenvalue weighted by Gasteiger charge is -2.28. The lowest BCUT2D eigenvalue weighted by molar-refractivity contribution is 0.0693. The molecule has 0 saturated carbocycles. The van der Waals surface area contributed by atoms with Gasteiger partial charge in [0.05, 0.1) is 5.56 Å². The number of hydrogen-bond donors (Lipinski definition) is 1. The second-order valence-electron chi connectivity index (χ2n) is 4.42. The molecule has 0 atom stereocenters. The summed E-state index contributed by atoms with van der Waals surface area (Å²) in [5, 5.41) is 8.79. The number of likely N-dealkylation sites (tertiary alicyclic amines) is 1. The summed E-state index contributed by atoms with van der Waals surface area (Å²) in [7, 11) is 0. The minimum absolute atomic E-state index is 0.0422. The zero-order chi connectivity index (χ0) is 13.1. The number of amides is 1. The first-order chi connectivity index (χ1) is 8.58. The largest absolute Gasteiger partial charge is 0.478 e. The Hall–Kier alpha value is -2.10. The smallest absolute Gasteiger partial charge is 0.335 e. The molecule has 18 heavy (non-hydrogen) atoms. The van der Waals surface area contributed by atoms with Gasteiger partial charge in [0.2, 0.25) is 0 Å². The van der Waals surface area contributed by atoms with Crippen molar-refractivity contribution < 1.29 is 14.7 Å². The maximum atomic E-state index is 12.1. The fourth-order valence-electron chi connectivity index (χ4n) is 1.96. The fraction of sp³-hybridized carbons (Fsp3) is 0.286. The zero-order valence-corrected chi connectivity index (χ0v) is 10.1. The van der Waals surface area contributed by atoms with Gasteiger partial charge in [-0.1, -0.05) is 12.2 Å². The molecule has 1 heterocycles. The summed E-state index contributed by atoms with van der Waals surface area (Å²) >= 11 is 0. The molecule has 0 bridgehead atoms. The first kappa shape index (κ1) is 12.4. The van der Waals surface area contributed by atoms with Gasteiger partial charge in [-0.2, -0.15) is 0 Å². The highest BCUT2D eigenvalue weighted by Gasteiger charge is 2.19. The molecule has 0 unspecified atom stereocenters. The molecule has 1 N–H and O–H groups in total. The van der Waals surface area contributed by atoms with Crippen LogP contribution in [-0.4, -0.2) is 35.0 Å². The van der Waals surface area contributed by atoms with E-state index in [4.69, 9.17) is 5.11 Å². The summed E-state index contributed by atoms with van der Waals surface area (Å²) < 4.78 is 0. The lowest BCUT2D eigenvalue weighted by atomic mass is 10.0. The van der Waals surface area contributed by atoms with Crippen LogP contribution in [0.1, 0.15) is 33.6 Å². The van der Waals surface area contributed by atoms with Crippen LogP contribution in [0, 0.1) is 0 Å². The Balaban J connectivity index is 2.09. The van der Waals surface area contributed by atoms with Gasteiger partial charge in [-0.3, -0.25) is 4.79 Å². The Morgan fingerprint density at radius 2 is 1.56 bits per heavy atom. The Labute approximate surface area is 106 Å². The van der Waals surface area contributed by atoms with E-state index in [0.717, 1.165) is 12.8 Å². The van der Waals surface area contributed by atoms with Crippen molar-refractivity contribution in [2.45, 2.75) is 12.8 Å². The van der Waals surface area contributed by atoms with Gasteiger partial charge < -0.3 is 10.0 Å². The van der Waals surface area contributed by atoms with Crippen LogP contribution >= 0.6 is 0 Å². The van der Waals surface area contributed by atoms with Gasteiger partial charge in [0.15, 0.2) is 0 Å². The summed E-state index contributed by atoms with van der Waals surface area (Å²) in [6.45, 7) is 5.29. The number of aromatic carboxylic acids is 1. The molecule has 2 rings (SSSR count). The number of nitrogens with zero attached hydrogens (tertiary/aromatic N) is 1. The van der Waals surface area contributed by atoms with Crippen LogP contribution < -0.4 is 0 Å². The number of piperidine rings is 1. The first-order valence-electron chi connectivity index (χ1n) is 5.87. The van der Waals surface area contributed by atoms with Gasteiger partial charge >= 0.3 is 5.97 Å². The molecule has 1 aliphatic heterocycles. The molecule has 0 aliphatic carbocycles. The van der Waals surface area contributed by atoms with Gasteiger partial charge in [0, 0.05) is 18.7 Å². The van der Waals surface area contributed by atoms with E-state index in [2.05, 4.69) is 6.58 Å². The van der Waals surface area contributed by atoms with Crippen molar-refractivity contribution in [3.05, 3.63) is 47.5 Å². The second kappa shape index (κ2) is 5.04. The topological polar surface area (TPSA) is 57.6 Å². The summed E-state index contributed by atoms with van der Waals surface area (Å²) in [5.41, 5.74) is 1.91. The van der Waals surface area contributed by atoms with Crippen molar-refractivity contribution in [3.63, 3.8) is 0 Å². The summed E-state index contributed by atoms with van der Waals surface area (Å²) in [4.78, 5) is 24.6. The number of carboxylic acids is 1. The molecule has 4 heteroatoms. The Morgan fingerprint density at radius 1 is 1.06 bits per heavy atom. The van der Waals surface area contributed by atoms with E-state index < -0.39 is 5.97 Å². The average molecular weight is 245 g/mol. The molecule has 1 saturated heterocycles. The molecule has 1 aromatic rings. The number of hydrogen-bond acceptors (Lipinski definition) is 2. The van der Waals surface area contributed by atoms with Gasteiger partial charge in [0.1, 0.15) is 0 Å². The molecule has 1 amide bonds. The minimum Gasteiger partial charge on any atom is -0.478 e. The molecule has 94 valence electrons. The van der Waals surface area contributed by atoms with E-state index in [1.807, 2.05) is 0 Å². The van der Waals surface area contributed by atoms with E-state index in [-0.39, 0.29) is 11.5 Å². The highest BCUT2D eigenvalue weighted by molar-refractivity contribution is 5.96. The third kappa shape index (κ3) is 2.59. The van der Waals surface area contributed by atoms with Gasteiger partial charge in [-0.25, -0.2) is 4.79 Å². The van der Waals surface area contributed by atoms with E-state index in [1.165, 1.54) is 17.7 Å². The quantitative estimate of drug-likeness (QED) is 0.812. The Morgan fingerprint density at radius 3 is 2.06 bits per heavy atom. The monoisotopic (exact) mass is 245 g/mol. The predicted molar refractivity (Wildman–Crippen MR) is 67.7 cm³/mol. The number of benzene rings is 1. The zero-order valence-electron chi connectivity index (χ0n) is 10.1. The van der Waals surface area contributed by atoms with Crippen molar-refractivity contribution in [3.8, 4) is 0 Å². The Kier molecular flexibility index (Phi) is 3.46. The average Bonchev–Trinajstić information content (AvgIpc) is 2.39. The summed E-state index contributed by atoms with van der Waals surface area (Å²) in [5.74, 6) is -1.03. The van der Waals surface area contributed by atoms with E-state index in [9.17, 15) is 9.59 Å². The van der Waals surface area contributed by atoms with E-state index in [0.29, 0.717) is 18.7 Å². The summed E-state index contributed by atoms with van der Waals surface area (Å²) in [6, 6.07) is 6.04. The number of carbonyl (C=O) groups is 2. The number of carbonyl (C=O) groups excluding carboxylic acids is 1. The van der Waals surface area contributed by atoms with Crippen molar-refractivity contribution >= 4 is 11.9 Å². The van der Waals surface area contributed by atoms with Crippen molar-refractivity contribution in [2.75, 3.05) is 13.1 Å². The molecule has 1 aromatic carbocycles. The maximum Gasteiger partial charge on any atom is 0.335 e. The van der Waals surface area contributed by atoms with Gasteiger partial charge in [-0.15, -0.1) is 0 Å². The summed E-state index contributed by atoms with van der Waals surface area (Å²) in [6.07, 6.45) is 1.69. The molecule has 0 spiro atoms. The van der Waals surface area contributed by atoms with Gasteiger partial charge in [0.25, 0.3) is 5.91 Å².